The molecule has 1 saturated heterocycles. The van der Waals surface area contributed by atoms with Crippen molar-refractivity contribution in [3.8, 4) is 0 Å². The number of β-lactam (4-membered cyclic amide) rings is 1. The van der Waals surface area contributed by atoms with E-state index in [4.69, 9.17) is 5.11 Å². The summed E-state index contributed by atoms with van der Waals surface area (Å²) in [5, 5.41) is 9.12. The van der Waals surface area contributed by atoms with Crippen LogP contribution in [0.4, 0.5) is 0 Å². The van der Waals surface area contributed by atoms with Crippen LogP contribution in [0.5, 0.6) is 0 Å². The molecule has 1 aromatic carbocycles. The molecule has 6 nitrogen and oxygen atoms in total. The topological polar surface area (TPSA) is 91.8 Å². The Balaban J connectivity index is 2.41. The summed E-state index contributed by atoms with van der Waals surface area (Å²) in [6.45, 7) is 3.46. The first-order valence-electron chi connectivity index (χ1n) is 6.18. The van der Waals surface area contributed by atoms with E-state index in [0.29, 0.717) is 10.7 Å². The highest BCUT2D eigenvalue weighted by Gasteiger charge is 2.56. The smallest absolute Gasteiger partial charge is 0.328 e. The zero-order chi connectivity index (χ0) is 15.1. The zero-order valence-electron chi connectivity index (χ0n) is 11.1. The van der Waals surface area contributed by atoms with Gasteiger partial charge in [0.2, 0.25) is 5.91 Å². The molecule has 0 radical (unpaired) electrons. The van der Waals surface area contributed by atoms with Crippen LogP contribution in [0, 0.1) is 12.8 Å². The fourth-order valence-electron chi connectivity index (χ4n) is 2.28. The van der Waals surface area contributed by atoms with Crippen molar-refractivity contribution in [3.05, 3.63) is 29.8 Å². The van der Waals surface area contributed by atoms with Crippen molar-refractivity contribution >= 4 is 21.9 Å². The molecule has 1 aliphatic heterocycles. The van der Waals surface area contributed by atoms with Gasteiger partial charge in [-0.1, -0.05) is 24.6 Å². The van der Waals surface area contributed by atoms with E-state index in [1.54, 1.807) is 26.0 Å². The first-order chi connectivity index (χ1) is 9.30. The van der Waals surface area contributed by atoms with Gasteiger partial charge in [-0.3, -0.25) is 4.79 Å². The first kappa shape index (κ1) is 14.5. The third-order valence-electron chi connectivity index (χ3n) is 3.44. The van der Waals surface area contributed by atoms with E-state index >= 15 is 0 Å². The summed E-state index contributed by atoms with van der Waals surface area (Å²) in [6.07, 6.45) is 0.301. The Labute approximate surface area is 117 Å². The predicted molar refractivity (Wildman–Crippen MR) is 70.4 cm³/mol. The van der Waals surface area contributed by atoms with Crippen molar-refractivity contribution in [1.29, 1.82) is 0 Å². The number of carbonyl (C=O) groups excluding carboxylic acids is 1. The zero-order valence-corrected chi connectivity index (χ0v) is 11.9. The second-order valence-corrected chi connectivity index (χ2v) is 6.56. The third-order valence-corrected chi connectivity index (χ3v) is 5.23. The average molecular weight is 297 g/mol. The molecule has 0 saturated carbocycles. The molecular weight excluding hydrogens is 282 g/mol. The number of rotatable bonds is 4. The van der Waals surface area contributed by atoms with Gasteiger partial charge in [-0.2, -0.15) is 0 Å². The Morgan fingerprint density at radius 1 is 1.30 bits per heavy atom. The minimum absolute atomic E-state index is 0.0720. The van der Waals surface area contributed by atoms with Crippen molar-refractivity contribution in [2.45, 2.75) is 31.2 Å². The molecule has 0 spiro atoms. The number of aliphatic carboxylic acids is 1. The van der Waals surface area contributed by atoms with Crippen molar-refractivity contribution in [3.63, 3.8) is 0 Å². The van der Waals surface area contributed by atoms with Gasteiger partial charge < -0.3 is 5.11 Å². The number of nitrogens with zero attached hydrogens (tertiary/aromatic N) is 1. The Hall–Kier alpha value is -1.89. The number of hydrogen-bond acceptors (Lipinski definition) is 4. The highest BCUT2D eigenvalue weighted by molar-refractivity contribution is 7.89. The second-order valence-electron chi connectivity index (χ2n) is 4.75. The normalized spacial score (nSPS) is 22.5. The first-order valence-corrected chi connectivity index (χ1v) is 7.62. The maximum Gasteiger partial charge on any atom is 0.328 e. The van der Waals surface area contributed by atoms with Crippen molar-refractivity contribution in [2.24, 2.45) is 5.92 Å². The number of sulfonamides is 1. The minimum atomic E-state index is -4.10. The van der Waals surface area contributed by atoms with Gasteiger partial charge in [0.15, 0.2) is 6.04 Å². The predicted octanol–water partition coefficient (Wildman–Crippen LogP) is 1.01. The van der Waals surface area contributed by atoms with Gasteiger partial charge in [0, 0.05) is 0 Å². The van der Waals surface area contributed by atoms with Crippen molar-refractivity contribution in [2.75, 3.05) is 0 Å². The number of benzene rings is 1. The molecule has 1 amide bonds. The SMILES string of the molecule is CC[C@H]1C(=O)N(S(=O)(=O)c2ccc(C)cc2)[C@@H]1C(=O)O. The molecular formula is C13H15NO5S. The van der Waals surface area contributed by atoms with E-state index in [1.165, 1.54) is 12.1 Å². The van der Waals surface area contributed by atoms with E-state index in [2.05, 4.69) is 0 Å². The lowest BCUT2D eigenvalue weighted by atomic mass is 9.88. The largest absolute Gasteiger partial charge is 0.480 e. The third kappa shape index (κ3) is 2.07. The average Bonchev–Trinajstić information content (AvgIpc) is 2.36. The number of carbonyl (C=O) groups is 2. The van der Waals surface area contributed by atoms with Gasteiger partial charge in [0.1, 0.15) is 0 Å². The Kier molecular flexibility index (Phi) is 3.56. The summed E-state index contributed by atoms with van der Waals surface area (Å²) in [5.74, 6) is -2.72. The van der Waals surface area contributed by atoms with E-state index in [-0.39, 0.29) is 4.90 Å². The molecule has 108 valence electrons. The maximum absolute atomic E-state index is 12.4. The molecule has 1 aliphatic rings. The molecule has 0 bridgehead atoms. The number of hydrogen-bond donors (Lipinski definition) is 1. The second kappa shape index (κ2) is 4.90. The summed E-state index contributed by atoms with van der Waals surface area (Å²) in [6, 6.07) is 4.64. The summed E-state index contributed by atoms with van der Waals surface area (Å²) < 4.78 is 25.2. The van der Waals surface area contributed by atoms with Crippen LogP contribution in [-0.2, 0) is 19.6 Å². The van der Waals surface area contributed by atoms with Crippen LogP contribution in [0.25, 0.3) is 0 Å². The van der Waals surface area contributed by atoms with Crippen molar-refractivity contribution in [1.82, 2.24) is 4.31 Å². The Morgan fingerprint density at radius 2 is 1.85 bits per heavy atom. The van der Waals surface area contributed by atoms with Gasteiger partial charge in [-0.15, -0.1) is 0 Å². The molecule has 2 rings (SSSR count). The molecule has 7 heteroatoms. The molecule has 0 aliphatic carbocycles. The monoisotopic (exact) mass is 297 g/mol. The van der Waals surface area contributed by atoms with E-state index < -0.39 is 33.9 Å². The van der Waals surface area contributed by atoms with Gasteiger partial charge in [-0.05, 0) is 25.5 Å². The van der Waals surface area contributed by atoms with Crippen LogP contribution in [0.15, 0.2) is 29.2 Å². The highest BCUT2D eigenvalue weighted by Crippen LogP contribution is 2.35. The molecule has 0 unspecified atom stereocenters. The Bertz CT molecular complexity index is 650. The quantitative estimate of drug-likeness (QED) is 0.837. The number of aryl methyl sites for hydroxylation is 1. The molecule has 2 atom stereocenters. The van der Waals surface area contributed by atoms with Crippen LogP contribution < -0.4 is 0 Å². The number of carboxylic acid groups (broad SMARTS) is 1. The number of amides is 1. The lowest BCUT2D eigenvalue weighted by Gasteiger charge is -2.42. The van der Waals surface area contributed by atoms with Crippen LogP contribution >= 0.6 is 0 Å². The molecule has 1 fully saturated rings. The minimum Gasteiger partial charge on any atom is -0.480 e. The molecule has 1 heterocycles. The molecule has 20 heavy (non-hydrogen) atoms. The summed E-state index contributed by atoms with van der Waals surface area (Å²) in [5.41, 5.74) is 0.875. The van der Waals surface area contributed by atoms with E-state index in [0.717, 1.165) is 5.56 Å². The lowest BCUT2D eigenvalue weighted by Crippen LogP contribution is -2.65. The maximum atomic E-state index is 12.4. The summed E-state index contributed by atoms with van der Waals surface area (Å²) >= 11 is 0. The van der Waals surface area contributed by atoms with Gasteiger partial charge >= 0.3 is 5.97 Å². The van der Waals surface area contributed by atoms with Crippen molar-refractivity contribution < 1.29 is 23.1 Å². The molecule has 1 aromatic rings. The van der Waals surface area contributed by atoms with E-state index in [1.807, 2.05) is 0 Å². The van der Waals surface area contributed by atoms with Crippen LogP contribution in [-0.4, -0.2) is 35.7 Å². The van der Waals surface area contributed by atoms with Gasteiger partial charge in [0.25, 0.3) is 10.0 Å². The highest BCUT2D eigenvalue weighted by atomic mass is 32.2. The van der Waals surface area contributed by atoms with Gasteiger partial charge in [0.05, 0.1) is 10.8 Å². The van der Waals surface area contributed by atoms with Crippen LogP contribution in [0.3, 0.4) is 0 Å². The van der Waals surface area contributed by atoms with Crippen LogP contribution in [0.1, 0.15) is 18.9 Å². The lowest BCUT2D eigenvalue weighted by molar-refractivity contribution is -0.162. The fraction of sp³-hybridized carbons (Fsp3) is 0.385. The number of carboxylic acids is 1. The van der Waals surface area contributed by atoms with E-state index in [9.17, 15) is 18.0 Å². The summed E-state index contributed by atoms with van der Waals surface area (Å²) in [4.78, 5) is 23.0. The standard InChI is InChI=1S/C13H15NO5S/c1-3-10-11(13(16)17)14(12(10)15)20(18,19)9-6-4-8(2)5-7-9/h4-7,10-11H,3H2,1-2H3,(H,16,17)/t10-,11+/m1/s1. The fourth-order valence-corrected chi connectivity index (χ4v) is 3.89. The molecule has 0 aromatic heterocycles. The summed E-state index contributed by atoms with van der Waals surface area (Å²) in [7, 11) is -4.10. The Morgan fingerprint density at radius 3 is 2.30 bits per heavy atom. The van der Waals surface area contributed by atoms with Crippen LogP contribution in [0.2, 0.25) is 0 Å². The van der Waals surface area contributed by atoms with Gasteiger partial charge in [-0.25, -0.2) is 17.5 Å². The molecule has 1 N–H and O–H groups in total.